The maximum Gasteiger partial charge on any atom is 0.0474 e. The van der Waals surface area contributed by atoms with E-state index in [4.69, 9.17) is 22.1 Å². The predicted octanol–water partition coefficient (Wildman–Crippen LogP) is 3.13. The number of nitrogens with two attached hydrogens (primary N) is 1. The molecule has 1 fully saturated rings. The van der Waals surface area contributed by atoms with E-state index in [2.05, 4.69) is 12.1 Å². The van der Waals surface area contributed by atoms with Crippen LogP contribution in [0.3, 0.4) is 0 Å². The van der Waals surface area contributed by atoms with Gasteiger partial charge < -0.3 is 10.5 Å². The van der Waals surface area contributed by atoms with E-state index in [0.717, 1.165) is 50.5 Å². The first kappa shape index (κ1) is 12.9. The van der Waals surface area contributed by atoms with Gasteiger partial charge in [0.1, 0.15) is 0 Å². The van der Waals surface area contributed by atoms with Crippen LogP contribution in [0.25, 0.3) is 0 Å². The average molecular weight is 254 g/mol. The van der Waals surface area contributed by atoms with Gasteiger partial charge >= 0.3 is 0 Å². The molecular formula is C14H20ClNO. The summed E-state index contributed by atoms with van der Waals surface area (Å²) >= 11 is 6.10. The van der Waals surface area contributed by atoms with Crippen molar-refractivity contribution in [1.82, 2.24) is 0 Å². The van der Waals surface area contributed by atoms with Crippen molar-refractivity contribution in [3.8, 4) is 0 Å². The molecule has 17 heavy (non-hydrogen) atoms. The zero-order chi connectivity index (χ0) is 12.1. The Morgan fingerprint density at radius 3 is 2.71 bits per heavy atom. The van der Waals surface area contributed by atoms with Crippen molar-refractivity contribution in [2.75, 3.05) is 19.8 Å². The fraction of sp³-hybridized carbons (Fsp3) is 0.571. The number of benzene rings is 1. The Labute approximate surface area is 108 Å². The SMILES string of the molecule is NCCCC1(c2cccc(Cl)c2)CCOCC1. The molecule has 3 heteroatoms. The Morgan fingerprint density at radius 2 is 2.06 bits per heavy atom. The lowest BCUT2D eigenvalue weighted by atomic mass is 9.71. The Bertz CT molecular complexity index is 361. The zero-order valence-corrected chi connectivity index (χ0v) is 10.9. The first-order chi connectivity index (χ1) is 8.27. The smallest absolute Gasteiger partial charge is 0.0474 e. The molecule has 1 aromatic carbocycles. The lowest BCUT2D eigenvalue weighted by Crippen LogP contribution is -2.34. The van der Waals surface area contributed by atoms with Crippen LogP contribution in [-0.4, -0.2) is 19.8 Å². The number of halogens is 1. The Kier molecular flexibility index (Phi) is 4.43. The van der Waals surface area contributed by atoms with Crippen molar-refractivity contribution < 1.29 is 4.74 Å². The van der Waals surface area contributed by atoms with E-state index in [-0.39, 0.29) is 5.41 Å². The molecule has 0 saturated carbocycles. The van der Waals surface area contributed by atoms with Crippen LogP contribution >= 0.6 is 11.6 Å². The summed E-state index contributed by atoms with van der Waals surface area (Å²) in [5.41, 5.74) is 7.23. The average Bonchev–Trinajstić information content (AvgIpc) is 2.37. The Balaban J connectivity index is 2.25. The molecule has 1 heterocycles. The largest absolute Gasteiger partial charge is 0.381 e. The van der Waals surface area contributed by atoms with Crippen LogP contribution in [0.15, 0.2) is 24.3 Å². The third-order valence-electron chi connectivity index (χ3n) is 3.75. The van der Waals surface area contributed by atoms with E-state index >= 15 is 0 Å². The van der Waals surface area contributed by atoms with Crippen LogP contribution in [0, 0.1) is 0 Å². The van der Waals surface area contributed by atoms with Crippen molar-refractivity contribution >= 4 is 11.6 Å². The molecule has 2 N–H and O–H groups in total. The summed E-state index contributed by atoms with van der Waals surface area (Å²) in [5.74, 6) is 0. The third kappa shape index (κ3) is 3.01. The standard InChI is InChI=1S/C14H20ClNO/c15-13-4-1-3-12(11-13)14(5-2-8-16)6-9-17-10-7-14/h1,3-4,11H,2,5-10,16H2. The van der Waals surface area contributed by atoms with Gasteiger partial charge in [-0.2, -0.15) is 0 Å². The van der Waals surface area contributed by atoms with Crippen molar-refractivity contribution in [3.63, 3.8) is 0 Å². The highest BCUT2D eigenvalue weighted by Gasteiger charge is 2.33. The van der Waals surface area contributed by atoms with Gasteiger partial charge in [-0.25, -0.2) is 0 Å². The van der Waals surface area contributed by atoms with Gasteiger partial charge in [0.25, 0.3) is 0 Å². The highest BCUT2D eigenvalue weighted by atomic mass is 35.5. The summed E-state index contributed by atoms with van der Waals surface area (Å²) in [6, 6.07) is 8.26. The summed E-state index contributed by atoms with van der Waals surface area (Å²) in [6.45, 7) is 2.44. The van der Waals surface area contributed by atoms with E-state index < -0.39 is 0 Å². The molecule has 2 nitrogen and oxygen atoms in total. The van der Waals surface area contributed by atoms with Crippen LogP contribution in [0.4, 0.5) is 0 Å². The molecule has 94 valence electrons. The van der Waals surface area contributed by atoms with E-state index in [0.29, 0.717) is 0 Å². The molecule has 0 atom stereocenters. The minimum Gasteiger partial charge on any atom is -0.381 e. The second-order valence-corrected chi connectivity index (χ2v) is 5.23. The third-order valence-corrected chi connectivity index (χ3v) is 3.98. The van der Waals surface area contributed by atoms with Gasteiger partial charge in [0, 0.05) is 18.2 Å². The highest BCUT2D eigenvalue weighted by Crippen LogP contribution is 2.39. The molecule has 0 aliphatic carbocycles. The molecule has 0 unspecified atom stereocenters. The van der Waals surface area contributed by atoms with E-state index in [1.165, 1.54) is 5.56 Å². The second-order valence-electron chi connectivity index (χ2n) is 4.80. The second kappa shape index (κ2) is 5.85. The minimum atomic E-state index is 0.225. The topological polar surface area (TPSA) is 35.2 Å². The molecule has 1 aliphatic rings. The highest BCUT2D eigenvalue weighted by molar-refractivity contribution is 6.30. The molecular weight excluding hydrogens is 234 g/mol. The molecule has 1 aromatic rings. The first-order valence-corrected chi connectivity index (χ1v) is 6.68. The summed E-state index contributed by atoms with van der Waals surface area (Å²) in [5, 5.41) is 0.820. The zero-order valence-electron chi connectivity index (χ0n) is 10.1. The fourth-order valence-electron chi connectivity index (χ4n) is 2.70. The van der Waals surface area contributed by atoms with Crippen LogP contribution < -0.4 is 5.73 Å². The van der Waals surface area contributed by atoms with Gasteiger partial charge in [0.2, 0.25) is 0 Å². The maximum absolute atomic E-state index is 6.10. The molecule has 0 radical (unpaired) electrons. The maximum atomic E-state index is 6.10. The molecule has 0 bridgehead atoms. The summed E-state index contributed by atoms with van der Waals surface area (Å²) in [6.07, 6.45) is 4.35. The molecule has 0 spiro atoms. The van der Waals surface area contributed by atoms with Gasteiger partial charge in [-0.15, -0.1) is 0 Å². The number of rotatable bonds is 4. The lowest BCUT2D eigenvalue weighted by molar-refractivity contribution is 0.0462. The Morgan fingerprint density at radius 1 is 1.29 bits per heavy atom. The van der Waals surface area contributed by atoms with Gasteiger partial charge in [0.05, 0.1) is 0 Å². The molecule has 0 aromatic heterocycles. The van der Waals surface area contributed by atoms with Crippen molar-refractivity contribution in [2.24, 2.45) is 5.73 Å². The summed E-state index contributed by atoms with van der Waals surface area (Å²) in [4.78, 5) is 0. The van der Waals surface area contributed by atoms with E-state index in [9.17, 15) is 0 Å². The van der Waals surface area contributed by atoms with E-state index in [1.54, 1.807) is 0 Å². The monoisotopic (exact) mass is 253 g/mol. The van der Waals surface area contributed by atoms with Crippen LogP contribution in [-0.2, 0) is 10.2 Å². The number of hydrogen-bond acceptors (Lipinski definition) is 2. The minimum absolute atomic E-state index is 0.225. The van der Waals surface area contributed by atoms with E-state index in [1.807, 2.05) is 12.1 Å². The fourth-order valence-corrected chi connectivity index (χ4v) is 2.89. The number of hydrogen-bond donors (Lipinski definition) is 1. The Hall–Kier alpha value is -0.570. The van der Waals surface area contributed by atoms with Gasteiger partial charge in [0.15, 0.2) is 0 Å². The molecule has 0 amide bonds. The van der Waals surface area contributed by atoms with Gasteiger partial charge in [-0.1, -0.05) is 23.7 Å². The van der Waals surface area contributed by atoms with Crippen LogP contribution in [0.5, 0.6) is 0 Å². The van der Waals surface area contributed by atoms with Gasteiger partial charge in [-0.3, -0.25) is 0 Å². The normalized spacial score (nSPS) is 19.2. The molecule has 2 rings (SSSR count). The lowest BCUT2D eigenvalue weighted by Gasteiger charge is -2.38. The molecule has 1 saturated heterocycles. The predicted molar refractivity (Wildman–Crippen MR) is 71.5 cm³/mol. The first-order valence-electron chi connectivity index (χ1n) is 6.31. The van der Waals surface area contributed by atoms with Crippen LogP contribution in [0.2, 0.25) is 5.02 Å². The summed E-state index contributed by atoms with van der Waals surface area (Å²) < 4.78 is 5.49. The van der Waals surface area contributed by atoms with Crippen molar-refractivity contribution in [2.45, 2.75) is 31.1 Å². The summed E-state index contributed by atoms with van der Waals surface area (Å²) in [7, 11) is 0. The van der Waals surface area contributed by atoms with Crippen LogP contribution in [0.1, 0.15) is 31.2 Å². The number of ether oxygens (including phenoxy) is 1. The van der Waals surface area contributed by atoms with Gasteiger partial charge in [-0.05, 0) is 55.3 Å². The quantitative estimate of drug-likeness (QED) is 0.895. The van der Waals surface area contributed by atoms with Crippen molar-refractivity contribution in [3.05, 3.63) is 34.9 Å². The van der Waals surface area contributed by atoms with Crippen molar-refractivity contribution in [1.29, 1.82) is 0 Å². The molecule has 1 aliphatic heterocycles.